The van der Waals surface area contributed by atoms with Crippen molar-refractivity contribution in [3.63, 3.8) is 0 Å². The zero-order valence-corrected chi connectivity index (χ0v) is 17.7. The number of amides is 3. The van der Waals surface area contributed by atoms with Gasteiger partial charge in [0, 0.05) is 36.2 Å². The third kappa shape index (κ3) is 4.93. The summed E-state index contributed by atoms with van der Waals surface area (Å²) >= 11 is 0. The Balaban J connectivity index is 1.52. The number of carbonyl (C=O) groups excluding carboxylic acids is 2. The first-order valence-electron chi connectivity index (χ1n) is 10.8. The van der Waals surface area contributed by atoms with Gasteiger partial charge in [0.25, 0.3) is 5.91 Å². The Kier molecular flexibility index (Phi) is 5.93. The molecule has 0 bridgehead atoms. The highest BCUT2D eigenvalue weighted by atomic mass is 16.2. The van der Waals surface area contributed by atoms with Crippen molar-refractivity contribution < 1.29 is 9.59 Å². The molecule has 2 aromatic carbocycles. The second-order valence-electron chi connectivity index (χ2n) is 8.54. The van der Waals surface area contributed by atoms with E-state index in [1.54, 1.807) is 6.07 Å². The standard InChI is InChI=1S/C24H30N4O2/c1-16-11-13-28(14-12-16)22-10-9-19(15-20(22)23(29)25-18-7-8-18)26-24(30)27-21-6-4-3-5-17(21)2/h3-6,9-10,15-16,18H,7-8,11-14H2,1-2H3,(H,25,29)(H2,26,27,30). The molecule has 6 heteroatoms. The van der Waals surface area contributed by atoms with E-state index in [2.05, 4.69) is 27.8 Å². The summed E-state index contributed by atoms with van der Waals surface area (Å²) in [6.45, 7) is 6.12. The van der Waals surface area contributed by atoms with E-state index in [0.717, 1.165) is 61.6 Å². The average Bonchev–Trinajstić information content (AvgIpc) is 3.54. The van der Waals surface area contributed by atoms with E-state index in [-0.39, 0.29) is 18.0 Å². The van der Waals surface area contributed by atoms with Gasteiger partial charge in [-0.2, -0.15) is 0 Å². The first-order chi connectivity index (χ1) is 14.5. The molecule has 158 valence electrons. The van der Waals surface area contributed by atoms with E-state index in [1.807, 2.05) is 43.3 Å². The largest absolute Gasteiger partial charge is 0.371 e. The first kappa shape index (κ1) is 20.3. The molecule has 3 N–H and O–H groups in total. The minimum atomic E-state index is -0.322. The minimum absolute atomic E-state index is 0.0610. The zero-order chi connectivity index (χ0) is 21.1. The molecule has 1 aliphatic heterocycles. The van der Waals surface area contributed by atoms with Gasteiger partial charge in [0.05, 0.1) is 5.56 Å². The maximum atomic E-state index is 12.9. The van der Waals surface area contributed by atoms with Crippen molar-refractivity contribution in [1.29, 1.82) is 0 Å². The lowest BCUT2D eigenvalue weighted by atomic mass is 9.98. The molecule has 30 heavy (non-hydrogen) atoms. The number of carbonyl (C=O) groups is 2. The monoisotopic (exact) mass is 406 g/mol. The van der Waals surface area contributed by atoms with Crippen molar-refractivity contribution in [2.45, 2.75) is 45.6 Å². The van der Waals surface area contributed by atoms with Crippen LogP contribution >= 0.6 is 0 Å². The number of hydrogen-bond donors (Lipinski definition) is 3. The van der Waals surface area contributed by atoms with Gasteiger partial charge in [-0.25, -0.2) is 4.79 Å². The van der Waals surface area contributed by atoms with Crippen molar-refractivity contribution in [3.05, 3.63) is 53.6 Å². The normalized spacial score (nSPS) is 16.8. The Morgan fingerprint density at radius 3 is 2.40 bits per heavy atom. The van der Waals surface area contributed by atoms with Crippen LogP contribution in [0.4, 0.5) is 21.9 Å². The predicted molar refractivity (Wildman–Crippen MR) is 121 cm³/mol. The van der Waals surface area contributed by atoms with Crippen LogP contribution in [0.15, 0.2) is 42.5 Å². The highest BCUT2D eigenvalue weighted by molar-refractivity contribution is 6.04. The number of nitrogens with zero attached hydrogens (tertiary/aromatic N) is 1. The molecule has 0 radical (unpaired) electrons. The summed E-state index contributed by atoms with van der Waals surface area (Å²) in [5, 5.41) is 8.83. The van der Waals surface area contributed by atoms with Gasteiger partial charge in [-0.05, 0) is 68.4 Å². The molecule has 2 aromatic rings. The number of urea groups is 1. The SMILES string of the molecule is Cc1ccccc1NC(=O)Nc1ccc(N2CCC(C)CC2)c(C(=O)NC2CC2)c1. The molecule has 1 saturated carbocycles. The van der Waals surface area contributed by atoms with Crippen LogP contribution in [0.2, 0.25) is 0 Å². The molecule has 3 amide bonds. The first-order valence-corrected chi connectivity index (χ1v) is 10.8. The molecule has 1 aliphatic carbocycles. The van der Waals surface area contributed by atoms with Crippen LogP contribution in [0.5, 0.6) is 0 Å². The van der Waals surface area contributed by atoms with Gasteiger partial charge in [-0.15, -0.1) is 0 Å². The Labute approximate surface area is 178 Å². The van der Waals surface area contributed by atoms with Gasteiger partial charge >= 0.3 is 6.03 Å². The van der Waals surface area contributed by atoms with Crippen molar-refractivity contribution in [3.8, 4) is 0 Å². The molecule has 0 spiro atoms. The number of rotatable bonds is 5. The number of hydrogen-bond acceptors (Lipinski definition) is 3. The molecular formula is C24H30N4O2. The van der Waals surface area contributed by atoms with Gasteiger partial charge in [-0.1, -0.05) is 25.1 Å². The molecular weight excluding hydrogens is 376 g/mol. The van der Waals surface area contributed by atoms with Crippen LogP contribution in [0.1, 0.15) is 48.5 Å². The Morgan fingerprint density at radius 1 is 0.967 bits per heavy atom. The fraction of sp³-hybridized carbons (Fsp3) is 0.417. The highest BCUT2D eigenvalue weighted by Crippen LogP contribution is 2.30. The fourth-order valence-corrected chi connectivity index (χ4v) is 3.81. The average molecular weight is 407 g/mol. The minimum Gasteiger partial charge on any atom is -0.371 e. The van der Waals surface area contributed by atoms with E-state index in [4.69, 9.17) is 0 Å². The number of anilines is 3. The van der Waals surface area contributed by atoms with Crippen molar-refractivity contribution in [2.75, 3.05) is 28.6 Å². The van der Waals surface area contributed by atoms with E-state index in [1.165, 1.54) is 0 Å². The molecule has 0 atom stereocenters. The quantitative estimate of drug-likeness (QED) is 0.670. The van der Waals surface area contributed by atoms with E-state index in [9.17, 15) is 9.59 Å². The van der Waals surface area contributed by atoms with Gasteiger partial charge in [0.15, 0.2) is 0 Å². The molecule has 4 rings (SSSR count). The molecule has 1 heterocycles. The summed E-state index contributed by atoms with van der Waals surface area (Å²) in [6, 6.07) is 13.2. The third-order valence-electron chi connectivity index (χ3n) is 5.93. The topological polar surface area (TPSA) is 73.5 Å². The van der Waals surface area contributed by atoms with Crippen molar-refractivity contribution in [1.82, 2.24) is 5.32 Å². The molecule has 2 fully saturated rings. The van der Waals surface area contributed by atoms with Crippen molar-refractivity contribution >= 4 is 29.0 Å². The number of aryl methyl sites for hydroxylation is 1. The van der Waals surface area contributed by atoms with Gasteiger partial charge in [0.1, 0.15) is 0 Å². The van der Waals surface area contributed by atoms with E-state index >= 15 is 0 Å². The Hall–Kier alpha value is -3.02. The lowest BCUT2D eigenvalue weighted by Crippen LogP contribution is -2.35. The molecule has 1 saturated heterocycles. The number of benzene rings is 2. The fourth-order valence-electron chi connectivity index (χ4n) is 3.81. The molecule has 6 nitrogen and oxygen atoms in total. The van der Waals surface area contributed by atoms with Crippen molar-refractivity contribution in [2.24, 2.45) is 5.92 Å². The van der Waals surface area contributed by atoms with Crippen LogP contribution in [-0.4, -0.2) is 31.1 Å². The highest BCUT2D eigenvalue weighted by Gasteiger charge is 2.27. The number of para-hydroxylation sites is 1. The lowest BCUT2D eigenvalue weighted by Gasteiger charge is -2.33. The van der Waals surface area contributed by atoms with Crippen LogP contribution in [0.25, 0.3) is 0 Å². The van der Waals surface area contributed by atoms with Crippen LogP contribution in [0.3, 0.4) is 0 Å². The van der Waals surface area contributed by atoms with E-state index in [0.29, 0.717) is 11.3 Å². The third-order valence-corrected chi connectivity index (χ3v) is 5.93. The van der Waals surface area contributed by atoms with Gasteiger partial charge < -0.3 is 20.9 Å². The second kappa shape index (κ2) is 8.78. The maximum absolute atomic E-state index is 12.9. The van der Waals surface area contributed by atoms with Crippen LogP contribution in [-0.2, 0) is 0 Å². The summed E-state index contributed by atoms with van der Waals surface area (Å²) in [4.78, 5) is 27.7. The smallest absolute Gasteiger partial charge is 0.323 e. The Bertz CT molecular complexity index is 931. The summed E-state index contributed by atoms with van der Waals surface area (Å²) in [6.07, 6.45) is 4.34. The maximum Gasteiger partial charge on any atom is 0.323 e. The van der Waals surface area contributed by atoms with Gasteiger partial charge in [-0.3, -0.25) is 4.79 Å². The van der Waals surface area contributed by atoms with Crippen LogP contribution < -0.4 is 20.9 Å². The lowest BCUT2D eigenvalue weighted by molar-refractivity contribution is 0.0951. The molecule has 2 aliphatic rings. The summed E-state index contributed by atoms with van der Waals surface area (Å²) in [5.41, 5.74) is 3.94. The second-order valence-corrected chi connectivity index (χ2v) is 8.54. The summed E-state index contributed by atoms with van der Waals surface area (Å²) in [5.74, 6) is 0.658. The molecule has 0 aromatic heterocycles. The Morgan fingerprint density at radius 2 is 1.70 bits per heavy atom. The van der Waals surface area contributed by atoms with E-state index < -0.39 is 0 Å². The van der Waals surface area contributed by atoms with Crippen LogP contribution in [0, 0.1) is 12.8 Å². The predicted octanol–water partition coefficient (Wildman–Crippen LogP) is 4.77. The zero-order valence-electron chi connectivity index (χ0n) is 17.7. The molecule has 0 unspecified atom stereocenters. The number of nitrogens with one attached hydrogen (secondary N) is 3. The number of piperidine rings is 1. The summed E-state index contributed by atoms with van der Waals surface area (Å²) < 4.78 is 0. The van der Waals surface area contributed by atoms with Gasteiger partial charge in [0.2, 0.25) is 0 Å². The summed E-state index contributed by atoms with van der Waals surface area (Å²) in [7, 11) is 0.